The maximum Gasteiger partial charge on any atom is 0.267 e. The minimum Gasteiger partial charge on any atom is -0.477 e. The first-order chi connectivity index (χ1) is 10.2. The maximum absolute atomic E-state index is 11.5. The normalized spacial score (nSPS) is 16.2. The van der Waals surface area contributed by atoms with Crippen molar-refractivity contribution >= 4 is 16.8 Å². The Morgan fingerprint density at radius 3 is 2.95 bits per heavy atom. The minimum absolute atomic E-state index is 0.194. The van der Waals surface area contributed by atoms with Gasteiger partial charge in [-0.05, 0) is 25.8 Å². The van der Waals surface area contributed by atoms with E-state index in [1.165, 1.54) is 0 Å². The third-order valence-electron chi connectivity index (χ3n) is 3.63. The summed E-state index contributed by atoms with van der Waals surface area (Å²) in [6.07, 6.45) is 3.53. The number of fused-ring (bicyclic) bond motifs is 1. The van der Waals surface area contributed by atoms with Crippen LogP contribution in [0, 0.1) is 0 Å². The third-order valence-corrected chi connectivity index (χ3v) is 3.63. The molecule has 7 heteroatoms. The molecule has 1 saturated heterocycles. The van der Waals surface area contributed by atoms with Crippen LogP contribution in [0.1, 0.15) is 36.3 Å². The van der Waals surface area contributed by atoms with Gasteiger partial charge in [-0.15, -0.1) is 0 Å². The highest BCUT2D eigenvalue weighted by Gasteiger charge is 2.21. The molecule has 2 aromatic rings. The standard InChI is InChI=1S/C14H18N4O3/c1-2-21-14-10-8-16-18(9-3-5-20-6-4-9)12(10)7-11(17-14)13(15)19/h7-9H,2-6H2,1H3,(H2,15,19). The van der Waals surface area contributed by atoms with Gasteiger partial charge in [0.1, 0.15) is 5.69 Å². The van der Waals surface area contributed by atoms with Crippen LogP contribution >= 0.6 is 0 Å². The molecule has 1 amide bonds. The molecule has 1 fully saturated rings. The number of amides is 1. The van der Waals surface area contributed by atoms with Crippen molar-refractivity contribution < 1.29 is 14.3 Å². The molecule has 3 rings (SSSR count). The van der Waals surface area contributed by atoms with Crippen LogP contribution in [0.3, 0.4) is 0 Å². The number of hydrogen-bond donors (Lipinski definition) is 1. The predicted octanol–water partition coefficient (Wildman–Crippen LogP) is 1.28. The molecule has 0 aliphatic carbocycles. The summed E-state index contributed by atoms with van der Waals surface area (Å²) < 4.78 is 12.8. The molecule has 0 saturated carbocycles. The van der Waals surface area contributed by atoms with Crippen molar-refractivity contribution in [3.63, 3.8) is 0 Å². The molecule has 2 aromatic heterocycles. The highest BCUT2D eigenvalue weighted by molar-refractivity contribution is 5.96. The molecule has 0 unspecified atom stereocenters. The number of aromatic nitrogens is 3. The van der Waals surface area contributed by atoms with Crippen LogP contribution in [0.5, 0.6) is 5.88 Å². The van der Waals surface area contributed by atoms with Crippen LogP contribution in [-0.4, -0.2) is 40.5 Å². The number of nitrogens with two attached hydrogens (primary N) is 1. The van der Waals surface area contributed by atoms with Gasteiger partial charge in [0.15, 0.2) is 0 Å². The number of hydrogen-bond acceptors (Lipinski definition) is 5. The lowest BCUT2D eigenvalue weighted by atomic mass is 10.1. The molecule has 0 aromatic carbocycles. The van der Waals surface area contributed by atoms with Gasteiger partial charge >= 0.3 is 0 Å². The van der Waals surface area contributed by atoms with E-state index in [0.29, 0.717) is 12.5 Å². The van der Waals surface area contributed by atoms with Crippen molar-refractivity contribution in [3.8, 4) is 5.88 Å². The van der Waals surface area contributed by atoms with Gasteiger partial charge in [-0.25, -0.2) is 4.98 Å². The number of ether oxygens (including phenoxy) is 2. The van der Waals surface area contributed by atoms with E-state index in [1.807, 2.05) is 11.6 Å². The Labute approximate surface area is 122 Å². The van der Waals surface area contributed by atoms with E-state index in [4.69, 9.17) is 15.2 Å². The lowest BCUT2D eigenvalue weighted by Crippen LogP contribution is -2.20. The maximum atomic E-state index is 11.5. The molecule has 112 valence electrons. The quantitative estimate of drug-likeness (QED) is 0.915. The Kier molecular flexibility index (Phi) is 3.74. The molecule has 2 N–H and O–H groups in total. The predicted molar refractivity (Wildman–Crippen MR) is 76.3 cm³/mol. The van der Waals surface area contributed by atoms with Crippen molar-refractivity contribution in [1.29, 1.82) is 0 Å². The van der Waals surface area contributed by atoms with Crippen LogP contribution < -0.4 is 10.5 Å². The van der Waals surface area contributed by atoms with E-state index in [-0.39, 0.29) is 11.7 Å². The van der Waals surface area contributed by atoms with Crippen molar-refractivity contribution in [3.05, 3.63) is 18.0 Å². The van der Waals surface area contributed by atoms with Gasteiger partial charge in [0.25, 0.3) is 5.91 Å². The van der Waals surface area contributed by atoms with Crippen LogP contribution in [-0.2, 0) is 4.74 Å². The molecule has 3 heterocycles. The van der Waals surface area contributed by atoms with E-state index in [0.717, 1.165) is 37.0 Å². The van der Waals surface area contributed by atoms with E-state index in [2.05, 4.69) is 10.1 Å². The van der Waals surface area contributed by atoms with Crippen LogP contribution in [0.25, 0.3) is 10.9 Å². The van der Waals surface area contributed by atoms with Crippen LogP contribution in [0.2, 0.25) is 0 Å². The van der Waals surface area contributed by atoms with Crippen molar-refractivity contribution in [1.82, 2.24) is 14.8 Å². The Balaban J connectivity index is 2.11. The fourth-order valence-electron chi connectivity index (χ4n) is 2.61. The number of primary amides is 1. The summed E-state index contributed by atoms with van der Waals surface area (Å²) in [6, 6.07) is 1.94. The summed E-state index contributed by atoms with van der Waals surface area (Å²) in [4.78, 5) is 15.6. The lowest BCUT2D eigenvalue weighted by Gasteiger charge is -2.23. The average Bonchev–Trinajstić information content (AvgIpc) is 2.92. The Morgan fingerprint density at radius 1 is 1.52 bits per heavy atom. The Bertz CT molecular complexity index is 662. The highest BCUT2D eigenvalue weighted by atomic mass is 16.5. The number of nitrogens with zero attached hydrogens (tertiary/aromatic N) is 3. The lowest BCUT2D eigenvalue weighted by molar-refractivity contribution is 0.0674. The second-order valence-electron chi connectivity index (χ2n) is 4.98. The minimum atomic E-state index is -0.572. The summed E-state index contributed by atoms with van der Waals surface area (Å²) in [5, 5.41) is 5.25. The molecular formula is C14H18N4O3. The zero-order valence-electron chi connectivity index (χ0n) is 11.9. The number of carbonyl (C=O) groups is 1. The van der Waals surface area contributed by atoms with Gasteiger partial charge in [0.05, 0.1) is 29.7 Å². The zero-order valence-corrected chi connectivity index (χ0v) is 11.9. The van der Waals surface area contributed by atoms with Crippen molar-refractivity contribution in [2.75, 3.05) is 19.8 Å². The second-order valence-corrected chi connectivity index (χ2v) is 4.98. The molecule has 0 atom stereocenters. The first-order valence-electron chi connectivity index (χ1n) is 7.09. The Hall–Kier alpha value is -2.15. The van der Waals surface area contributed by atoms with Crippen molar-refractivity contribution in [2.45, 2.75) is 25.8 Å². The van der Waals surface area contributed by atoms with Gasteiger partial charge < -0.3 is 15.2 Å². The number of pyridine rings is 1. The summed E-state index contributed by atoms with van der Waals surface area (Å²) in [7, 11) is 0. The summed E-state index contributed by atoms with van der Waals surface area (Å²) in [6.45, 7) is 3.77. The molecule has 1 aliphatic rings. The van der Waals surface area contributed by atoms with E-state index in [9.17, 15) is 4.79 Å². The van der Waals surface area contributed by atoms with Gasteiger partial charge in [0, 0.05) is 13.2 Å². The average molecular weight is 290 g/mol. The summed E-state index contributed by atoms with van der Waals surface area (Å²) in [5.74, 6) is -0.167. The van der Waals surface area contributed by atoms with Gasteiger partial charge in [-0.1, -0.05) is 0 Å². The molecule has 0 spiro atoms. The first kappa shape index (κ1) is 13.8. The van der Waals surface area contributed by atoms with Gasteiger partial charge in [0.2, 0.25) is 5.88 Å². The molecular weight excluding hydrogens is 272 g/mol. The third kappa shape index (κ3) is 2.56. The van der Waals surface area contributed by atoms with E-state index < -0.39 is 5.91 Å². The van der Waals surface area contributed by atoms with Gasteiger partial charge in [-0.2, -0.15) is 5.10 Å². The van der Waals surface area contributed by atoms with E-state index in [1.54, 1.807) is 12.3 Å². The SMILES string of the molecule is CCOc1nc(C(N)=O)cc2c1cnn2C1CCOCC1. The molecule has 0 radical (unpaired) electrons. The summed E-state index contributed by atoms with van der Waals surface area (Å²) >= 11 is 0. The van der Waals surface area contributed by atoms with Gasteiger partial charge in [-0.3, -0.25) is 9.48 Å². The van der Waals surface area contributed by atoms with Crippen LogP contribution in [0.4, 0.5) is 0 Å². The smallest absolute Gasteiger partial charge is 0.267 e. The zero-order chi connectivity index (χ0) is 14.8. The van der Waals surface area contributed by atoms with Crippen LogP contribution in [0.15, 0.2) is 12.3 Å². The monoisotopic (exact) mass is 290 g/mol. The van der Waals surface area contributed by atoms with E-state index >= 15 is 0 Å². The topological polar surface area (TPSA) is 92.3 Å². The fourth-order valence-corrected chi connectivity index (χ4v) is 2.61. The Morgan fingerprint density at radius 2 is 2.29 bits per heavy atom. The molecule has 0 bridgehead atoms. The molecule has 21 heavy (non-hydrogen) atoms. The fraction of sp³-hybridized carbons (Fsp3) is 0.500. The number of carbonyl (C=O) groups excluding carboxylic acids is 1. The molecule has 7 nitrogen and oxygen atoms in total. The van der Waals surface area contributed by atoms with Crippen molar-refractivity contribution in [2.24, 2.45) is 5.73 Å². The largest absolute Gasteiger partial charge is 0.477 e. The first-order valence-corrected chi connectivity index (χ1v) is 7.09. The highest BCUT2D eigenvalue weighted by Crippen LogP contribution is 2.29. The summed E-state index contributed by atoms with van der Waals surface area (Å²) in [5.41, 5.74) is 6.38. The molecule has 1 aliphatic heterocycles. The number of rotatable bonds is 4. The second kappa shape index (κ2) is 5.69.